The lowest BCUT2D eigenvalue weighted by atomic mass is 10.3. The molecule has 0 fully saturated rings. The second kappa shape index (κ2) is 5.15. The average molecular weight is 130 g/mol. The molecule has 0 amide bonds. The van der Waals surface area contributed by atoms with Crippen LogP contribution in [0.2, 0.25) is 0 Å². The van der Waals surface area contributed by atoms with Gasteiger partial charge in [-0.1, -0.05) is 0 Å². The van der Waals surface area contributed by atoms with Crippen molar-refractivity contribution in [1.29, 1.82) is 0 Å². The number of carbonyl (C=O) groups is 1. The second-order valence-electron chi connectivity index (χ2n) is 1.54. The summed E-state index contributed by atoms with van der Waals surface area (Å²) < 4.78 is 4.55. The molecule has 0 saturated carbocycles. The summed E-state index contributed by atoms with van der Waals surface area (Å²) >= 11 is 0. The Balaban J connectivity index is 3.09. The van der Waals surface area contributed by atoms with E-state index < -0.39 is 5.97 Å². The van der Waals surface area contributed by atoms with E-state index in [0.29, 0.717) is 6.42 Å². The van der Waals surface area contributed by atoms with Crippen LogP contribution in [0.5, 0.6) is 0 Å². The van der Waals surface area contributed by atoms with Gasteiger partial charge in [0.1, 0.15) is 0 Å². The largest absolute Gasteiger partial charge is 0.505 e. The molecule has 0 unspecified atom stereocenters. The smallest absolute Gasteiger partial charge is 0.303 e. The molecular weight excluding hydrogens is 120 g/mol. The molecule has 0 rings (SSSR count). The van der Waals surface area contributed by atoms with Crippen molar-refractivity contribution in [3.05, 3.63) is 12.3 Å². The Morgan fingerprint density at radius 2 is 2.44 bits per heavy atom. The lowest BCUT2D eigenvalue weighted by Crippen LogP contribution is -1.91. The number of allylic oxidation sites excluding steroid dienone is 1. The predicted octanol–water partition coefficient (Wildman–Crippen LogP) is 1.01. The van der Waals surface area contributed by atoms with E-state index in [4.69, 9.17) is 5.11 Å². The Bertz CT molecular complexity index is 107. The molecule has 0 spiro atoms. The van der Waals surface area contributed by atoms with Crippen LogP contribution in [0.15, 0.2) is 12.3 Å². The van der Waals surface area contributed by atoms with Crippen molar-refractivity contribution >= 4 is 5.97 Å². The maximum absolute atomic E-state index is 9.89. The van der Waals surface area contributed by atoms with Crippen molar-refractivity contribution in [3.63, 3.8) is 0 Å². The van der Waals surface area contributed by atoms with Crippen molar-refractivity contribution in [1.82, 2.24) is 0 Å². The lowest BCUT2D eigenvalue weighted by Gasteiger charge is -1.86. The van der Waals surface area contributed by atoms with E-state index in [9.17, 15) is 4.79 Å². The van der Waals surface area contributed by atoms with Gasteiger partial charge in [0.2, 0.25) is 0 Å². The van der Waals surface area contributed by atoms with E-state index in [1.54, 1.807) is 6.08 Å². The third-order valence-electron chi connectivity index (χ3n) is 0.757. The van der Waals surface area contributed by atoms with Crippen LogP contribution >= 0.6 is 0 Å². The lowest BCUT2D eigenvalue weighted by molar-refractivity contribution is -0.136. The van der Waals surface area contributed by atoms with E-state index in [1.165, 1.54) is 13.4 Å². The van der Waals surface area contributed by atoms with Gasteiger partial charge < -0.3 is 9.84 Å². The van der Waals surface area contributed by atoms with E-state index in [1.807, 2.05) is 0 Å². The maximum atomic E-state index is 9.89. The van der Waals surface area contributed by atoms with Gasteiger partial charge in [-0.3, -0.25) is 4.79 Å². The summed E-state index contributed by atoms with van der Waals surface area (Å²) in [5.74, 6) is -0.782. The van der Waals surface area contributed by atoms with Crippen LogP contribution in [-0.2, 0) is 9.53 Å². The number of aliphatic carboxylic acids is 1. The summed E-state index contributed by atoms with van der Waals surface area (Å²) in [6, 6.07) is 0. The molecule has 0 aromatic carbocycles. The van der Waals surface area contributed by atoms with Crippen molar-refractivity contribution in [2.75, 3.05) is 7.11 Å². The third-order valence-corrected chi connectivity index (χ3v) is 0.757. The predicted molar refractivity (Wildman–Crippen MR) is 33.0 cm³/mol. The first-order valence-electron chi connectivity index (χ1n) is 2.67. The van der Waals surface area contributed by atoms with Crippen molar-refractivity contribution in [2.45, 2.75) is 12.8 Å². The summed E-state index contributed by atoms with van der Waals surface area (Å²) in [6.45, 7) is 0. The van der Waals surface area contributed by atoms with Crippen LogP contribution in [0.25, 0.3) is 0 Å². The van der Waals surface area contributed by atoms with Crippen LogP contribution in [0.1, 0.15) is 12.8 Å². The summed E-state index contributed by atoms with van der Waals surface area (Å²) in [7, 11) is 1.53. The molecule has 0 radical (unpaired) electrons. The second-order valence-corrected chi connectivity index (χ2v) is 1.54. The molecule has 0 aliphatic rings. The van der Waals surface area contributed by atoms with Crippen LogP contribution in [0.3, 0.4) is 0 Å². The normalized spacial score (nSPS) is 9.89. The minimum atomic E-state index is -0.782. The van der Waals surface area contributed by atoms with Gasteiger partial charge in [0.15, 0.2) is 0 Å². The van der Waals surface area contributed by atoms with Crippen LogP contribution < -0.4 is 0 Å². The van der Waals surface area contributed by atoms with E-state index >= 15 is 0 Å². The summed E-state index contributed by atoms with van der Waals surface area (Å²) in [4.78, 5) is 9.89. The molecule has 0 aliphatic heterocycles. The first kappa shape index (κ1) is 8.01. The molecule has 3 heteroatoms. The van der Waals surface area contributed by atoms with Gasteiger partial charge in [-0.05, 0) is 12.5 Å². The highest BCUT2D eigenvalue weighted by Crippen LogP contribution is 1.89. The Hall–Kier alpha value is -0.990. The van der Waals surface area contributed by atoms with Gasteiger partial charge in [0, 0.05) is 6.42 Å². The van der Waals surface area contributed by atoms with Crippen LogP contribution in [-0.4, -0.2) is 18.2 Å². The zero-order chi connectivity index (χ0) is 7.11. The van der Waals surface area contributed by atoms with Crippen molar-refractivity contribution in [2.24, 2.45) is 0 Å². The third kappa shape index (κ3) is 7.01. The van der Waals surface area contributed by atoms with Gasteiger partial charge in [-0.2, -0.15) is 0 Å². The number of hydrogen-bond donors (Lipinski definition) is 1. The minimum absolute atomic E-state index is 0.167. The fraction of sp³-hybridized carbons (Fsp3) is 0.500. The Morgan fingerprint density at radius 1 is 1.78 bits per heavy atom. The highest BCUT2D eigenvalue weighted by Gasteiger charge is 1.90. The van der Waals surface area contributed by atoms with Gasteiger partial charge in [-0.15, -0.1) is 0 Å². The molecular formula is C6H10O3. The highest BCUT2D eigenvalue weighted by molar-refractivity contribution is 5.66. The molecule has 9 heavy (non-hydrogen) atoms. The monoisotopic (exact) mass is 130 g/mol. The molecule has 0 aromatic rings. The molecule has 0 aliphatic carbocycles. The fourth-order valence-electron chi connectivity index (χ4n) is 0.371. The molecule has 52 valence electrons. The van der Waals surface area contributed by atoms with Gasteiger partial charge >= 0.3 is 5.97 Å². The number of carboxylic acids is 1. The topological polar surface area (TPSA) is 46.5 Å². The SMILES string of the molecule is CO/C=C/CCC(=O)O. The standard InChI is InChI=1S/C6H10O3/c1-9-5-3-2-4-6(7)8/h3,5H,2,4H2,1H3,(H,7,8)/b5-3+. The maximum Gasteiger partial charge on any atom is 0.303 e. The quantitative estimate of drug-likeness (QED) is 0.578. The van der Waals surface area contributed by atoms with Crippen molar-refractivity contribution in [3.8, 4) is 0 Å². The fourth-order valence-corrected chi connectivity index (χ4v) is 0.371. The van der Waals surface area contributed by atoms with Gasteiger partial charge in [0.25, 0.3) is 0 Å². The highest BCUT2D eigenvalue weighted by atomic mass is 16.5. The van der Waals surface area contributed by atoms with Gasteiger partial charge in [0.05, 0.1) is 13.4 Å². The minimum Gasteiger partial charge on any atom is -0.505 e. The Labute approximate surface area is 53.9 Å². The first-order chi connectivity index (χ1) is 4.27. The zero-order valence-electron chi connectivity index (χ0n) is 5.33. The van der Waals surface area contributed by atoms with Gasteiger partial charge in [-0.25, -0.2) is 0 Å². The number of carboxylic acid groups (broad SMARTS) is 1. The summed E-state index contributed by atoms with van der Waals surface area (Å²) in [6.07, 6.45) is 3.85. The van der Waals surface area contributed by atoms with Crippen LogP contribution in [0.4, 0.5) is 0 Å². The molecule has 0 atom stereocenters. The molecule has 0 saturated heterocycles. The molecule has 0 bridgehead atoms. The number of methoxy groups -OCH3 is 1. The molecule has 0 aromatic heterocycles. The molecule has 1 N–H and O–H groups in total. The van der Waals surface area contributed by atoms with E-state index in [0.717, 1.165) is 0 Å². The summed E-state index contributed by atoms with van der Waals surface area (Å²) in [5, 5.41) is 8.14. The first-order valence-corrected chi connectivity index (χ1v) is 2.67. The Kier molecular flexibility index (Phi) is 4.59. The molecule has 3 nitrogen and oxygen atoms in total. The molecule has 0 heterocycles. The zero-order valence-corrected chi connectivity index (χ0v) is 5.33. The van der Waals surface area contributed by atoms with Crippen molar-refractivity contribution < 1.29 is 14.6 Å². The number of ether oxygens (including phenoxy) is 1. The summed E-state index contributed by atoms with van der Waals surface area (Å²) in [5.41, 5.74) is 0. The van der Waals surface area contributed by atoms with E-state index in [2.05, 4.69) is 4.74 Å². The number of rotatable bonds is 4. The Morgan fingerprint density at radius 3 is 2.89 bits per heavy atom. The average Bonchev–Trinajstić information content (AvgIpc) is 1.80. The number of hydrogen-bond acceptors (Lipinski definition) is 2. The van der Waals surface area contributed by atoms with E-state index in [-0.39, 0.29) is 6.42 Å². The van der Waals surface area contributed by atoms with Crippen LogP contribution in [0, 0.1) is 0 Å².